The second-order valence-electron chi connectivity index (χ2n) is 6.02. The van der Waals surface area contributed by atoms with Crippen molar-refractivity contribution in [2.75, 3.05) is 6.54 Å². The van der Waals surface area contributed by atoms with Crippen molar-refractivity contribution in [2.24, 2.45) is 0 Å². The first-order valence-corrected chi connectivity index (χ1v) is 7.55. The predicted octanol–water partition coefficient (Wildman–Crippen LogP) is 3.93. The van der Waals surface area contributed by atoms with E-state index in [9.17, 15) is 0 Å². The molecule has 20 heavy (non-hydrogen) atoms. The fourth-order valence-electron chi connectivity index (χ4n) is 2.87. The van der Waals surface area contributed by atoms with Crippen LogP contribution >= 0.6 is 0 Å². The van der Waals surface area contributed by atoms with Gasteiger partial charge in [-0.25, -0.2) is 4.98 Å². The molecule has 1 aliphatic rings. The highest BCUT2D eigenvalue weighted by Crippen LogP contribution is 2.27. The number of hydrogen-bond donors (Lipinski definition) is 2. The van der Waals surface area contributed by atoms with Crippen molar-refractivity contribution in [3.05, 3.63) is 41.3 Å². The van der Waals surface area contributed by atoms with E-state index in [2.05, 4.69) is 55.3 Å². The molecule has 106 valence electrons. The van der Waals surface area contributed by atoms with Crippen LogP contribution in [0.15, 0.2) is 24.3 Å². The SMILES string of the molecule is Cc1[nH]c(C2CCCN2)nc1-c1ccc(C(C)C)cc1. The Morgan fingerprint density at radius 3 is 2.55 bits per heavy atom. The normalized spacial score (nSPS) is 18.9. The average molecular weight is 269 g/mol. The molecule has 3 rings (SSSR count). The van der Waals surface area contributed by atoms with Crippen molar-refractivity contribution in [3.63, 3.8) is 0 Å². The van der Waals surface area contributed by atoms with Crippen LogP contribution in [0.3, 0.4) is 0 Å². The Morgan fingerprint density at radius 1 is 1.20 bits per heavy atom. The zero-order valence-corrected chi connectivity index (χ0v) is 12.5. The average Bonchev–Trinajstić information content (AvgIpc) is 3.08. The van der Waals surface area contributed by atoms with Crippen LogP contribution in [-0.4, -0.2) is 16.5 Å². The van der Waals surface area contributed by atoms with Gasteiger partial charge in [-0.3, -0.25) is 0 Å². The van der Waals surface area contributed by atoms with Crippen LogP contribution in [0.1, 0.15) is 55.7 Å². The Morgan fingerprint density at radius 2 is 1.95 bits per heavy atom. The van der Waals surface area contributed by atoms with Crippen LogP contribution in [0.4, 0.5) is 0 Å². The maximum absolute atomic E-state index is 4.82. The predicted molar refractivity (Wildman–Crippen MR) is 82.8 cm³/mol. The Balaban J connectivity index is 1.89. The van der Waals surface area contributed by atoms with Crippen molar-refractivity contribution in [3.8, 4) is 11.3 Å². The Hall–Kier alpha value is -1.61. The van der Waals surface area contributed by atoms with E-state index in [1.165, 1.54) is 24.0 Å². The molecule has 1 unspecified atom stereocenters. The summed E-state index contributed by atoms with van der Waals surface area (Å²) in [6, 6.07) is 9.19. The lowest BCUT2D eigenvalue weighted by molar-refractivity contribution is 0.612. The van der Waals surface area contributed by atoms with E-state index in [0.29, 0.717) is 12.0 Å². The summed E-state index contributed by atoms with van der Waals surface area (Å²) in [5.41, 5.74) is 4.82. The van der Waals surface area contributed by atoms with E-state index in [1.807, 2.05) is 0 Å². The highest BCUT2D eigenvalue weighted by atomic mass is 15.0. The summed E-state index contributed by atoms with van der Waals surface area (Å²) < 4.78 is 0. The summed E-state index contributed by atoms with van der Waals surface area (Å²) in [4.78, 5) is 8.27. The van der Waals surface area contributed by atoms with E-state index in [-0.39, 0.29) is 0 Å². The molecular weight excluding hydrogens is 246 g/mol. The Bertz CT molecular complexity index is 575. The van der Waals surface area contributed by atoms with Crippen molar-refractivity contribution in [1.29, 1.82) is 0 Å². The quantitative estimate of drug-likeness (QED) is 0.886. The zero-order valence-electron chi connectivity index (χ0n) is 12.5. The number of hydrogen-bond acceptors (Lipinski definition) is 2. The van der Waals surface area contributed by atoms with E-state index in [4.69, 9.17) is 4.98 Å². The molecule has 0 aliphatic carbocycles. The molecular formula is C17H23N3. The fourth-order valence-corrected chi connectivity index (χ4v) is 2.87. The molecule has 0 spiro atoms. The minimum Gasteiger partial charge on any atom is -0.344 e. The highest BCUT2D eigenvalue weighted by molar-refractivity contribution is 5.62. The van der Waals surface area contributed by atoms with Gasteiger partial charge in [0.1, 0.15) is 5.82 Å². The van der Waals surface area contributed by atoms with Gasteiger partial charge in [0.05, 0.1) is 11.7 Å². The molecule has 1 aromatic carbocycles. The number of nitrogens with zero attached hydrogens (tertiary/aromatic N) is 1. The number of H-pyrrole nitrogens is 1. The molecule has 0 bridgehead atoms. The van der Waals surface area contributed by atoms with Crippen molar-refractivity contribution in [1.82, 2.24) is 15.3 Å². The first kappa shape index (κ1) is 13.4. The summed E-state index contributed by atoms with van der Waals surface area (Å²) in [6.07, 6.45) is 2.42. The molecule has 2 N–H and O–H groups in total. The van der Waals surface area contributed by atoms with Crippen LogP contribution in [0.2, 0.25) is 0 Å². The molecule has 0 saturated carbocycles. The topological polar surface area (TPSA) is 40.7 Å². The first-order valence-electron chi connectivity index (χ1n) is 7.55. The van der Waals surface area contributed by atoms with Crippen molar-refractivity contribution < 1.29 is 0 Å². The first-order chi connectivity index (χ1) is 9.65. The number of benzene rings is 1. The smallest absolute Gasteiger partial charge is 0.124 e. The summed E-state index contributed by atoms with van der Waals surface area (Å²) >= 11 is 0. The molecule has 3 heteroatoms. The van der Waals surface area contributed by atoms with E-state index in [0.717, 1.165) is 23.8 Å². The largest absolute Gasteiger partial charge is 0.344 e. The van der Waals surface area contributed by atoms with E-state index >= 15 is 0 Å². The zero-order chi connectivity index (χ0) is 14.1. The Kier molecular flexibility index (Phi) is 3.62. The number of rotatable bonds is 3. The summed E-state index contributed by atoms with van der Waals surface area (Å²) in [5, 5.41) is 3.50. The fraction of sp³-hybridized carbons (Fsp3) is 0.471. The van der Waals surface area contributed by atoms with Crippen LogP contribution in [0, 0.1) is 6.92 Å². The molecule has 2 heterocycles. The van der Waals surface area contributed by atoms with Gasteiger partial charge in [-0.1, -0.05) is 38.1 Å². The van der Waals surface area contributed by atoms with Gasteiger partial charge in [0.25, 0.3) is 0 Å². The maximum Gasteiger partial charge on any atom is 0.124 e. The maximum atomic E-state index is 4.82. The second kappa shape index (κ2) is 5.41. The summed E-state index contributed by atoms with van der Waals surface area (Å²) in [5.74, 6) is 1.66. The van der Waals surface area contributed by atoms with E-state index < -0.39 is 0 Å². The highest BCUT2D eigenvalue weighted by Gasteiger charge is 2.20. The second-order valence-corrected chi connectivity index (χ2v) is 6.02. The molecule has 3 nitrogen and oxygen atoms in total. The van der Waals surface area contributed by atoms with Crippen LogP contribution in [-0.2, 0) is 0 Å². The molecule has 0 amide bonds. The molecule has 1 atom stereocenters. The van der Waals surface area contributed by atoms with Gasteiger partial charge in [-0.2, -0.15) is 0 Å². The molecule has 1 aromatic heterocycles. The third-order valence-corrected chi connectivity index (χ3v) is 4.14. The molecule has 2 aromatic rings. The van der Waals surface area contributed by atoms with Crippen molar-refractivity contribution >= 4 is 0 Å². The third-order valence-electron chi connectivity index (χ3n) is 4.14. The van der Waals surface area contributed by atoms with Gasteiger partial charge in [0.15, 0.2) is 0 Å². The van der Waals surface area contributed by atoms with Gasteiger partial charge in [0, 0.05) is 11.3 Å². The number of aromatic nitrogens is 2. The van der Waals surface area contributed by atoms with Gasteiger partial charge >= 0.3 is 0 Å². The lowest BCUT2D eigenvalue weighted by Gasteiger charge is -2.06. The lowest BCUT2D eigenvalue weighted by atomic mass is 10.0. The van der Waals surface area contributed by atoms with Gasteiger partial charge < -0.3 is 10.3 Å². The molecule has 1 aliphatic heterocycles. The minimum absolute atomic E-state index is 0.400. The van der Waals surface area contributed by atoms with E-state index in [1.54, 1.807) is 0 Å². The summed E-state index contributed by atoms with van der Waals surface area (Å²) in [7, 11) is 0. The molecule has 1 fully saturated rings. The lowest BCUT2D eigenvalue weighted by Crippen LogP contribution is -2.14. The number of nitrogens with one attached hydrogen (secondary N) is 2. The van der Waals surface area contributed by atoms with Gasteiger partial charge in [0.2, 0.25) is 0 Å². The molecule has 0 radical (unpaired) electrons. The summed E-state index contributed by atoms with van der Waals surface area (Å²) in [6.45, 7) is 7.65. The van der Waals surface area contributed by atoms with Crippen LogP contribution in [0.25, 0.3) is 11.3 Å². The van der Waals surface area contributed by atoms with Gasteiger partial charge in [-0.15, -0.1) is 0 Å². The van der Waals surface area contributed by atoms with Gasteiger partial charge in [-0.05, 0) is 37.8 Å². The monoisotopic (exact) mass is 269 g/mol. The number of aromatic amines is 1. The minimum atomic E-state index is 0.400. The van der Waals surface area contributed by atoms with Crippen LogP contribution < -0.4 is 5.32 Å². The third kappa shape index (κ3) is 2.50. The van der Waals surface area contributed by atoms with Crippen molar-refractivity contribution in [2.45, 2.75) is 45.6 Å². The number of imidazole rings is 1. The van der Waals surface area contributed by atoms with Crippen LogP contribution in [0.5, 0.6) is 0 Å². The molecule has 1 saturated heterocycles. The standard InChI is InChI=1S/C17H23N3/c1-11(2)13-6-8-14(9-7-13)16-12(3)19-17(20-16)15-5-4-10-18-15/h6-9,11,15,18H,4-5,10H2,1-3H3,(H,19,20). The number of aryl methyl sites for hydroxylation is 1. The Labute approximate surface area is 120 Å².